The first-order chi connectivity index (χ1) is 12.0. The van der Waals surface area contributed by atoms with Gasteiger partial charge >= 0.3 is 0 Å². The fourth-order valence-electron chi connectivity index (χ4n) is 2.77. The first-order valence-corrected chi connectivity index (χ1v) is 8.35. The topological polar surface area (TPSA) is 46.3 Å². The van der Waals surface area contributed by atoms with Gasteiger partial charge in [-0.1, -0.05) is 23.7 Å². The summed E-state index contributed by atoms with van der Waals surface area (Å²) in [6.07, 6.45) is 0.832. The highest BCUT2D eigenvalue weighted by atomic mass is 35.5. The predicted octanol–water partition coefficient (Wildman–Crippen LogP) is 5.82. The monoisotopic (exact) mass is 350 g/mol. The number of carbonyl (C=O) groups excluding carboxylic acids is 1. The van der Waals surface area contributed by atoms with Gasteiger partial charge in [0, 0.05) is 16.9 Å². The van der Waals surface area contributed by atoms with E-state index in [1.165, 1.54) is 0 Å². The van der Waals surface area contributed by atoms with Crippen molar-refractivity contribution in [3.63, 3.8) is 0 Å². The van der Waals surface area contributed by atoms with E-state index in [9.17, 15) is 4.79 Å². The SMILES string of the molecule is Cc1ccc(N(c2ccc(C=O)cc2)c2cc(N)ccc2C)c(Cl)c1. The molecule has 0 aromatic heterocycles. The number of halogens is 1. The van der Waals surface area contributed by atoms with E-state index in [2.05, 4.69) is 4.90 Å². The minimum atomic E-state index is 0.628. The van der Waals surface area contributed by atoms with E-state index in [1.807, 2.05) is 62.4 Å². The van der Waals surface area contributed by atoms with Crippen LogP contribution < -0.4 is 10.6 Å². The molecule has 3 aromatic rings. The van der Waals surface area contributed by atoms with E-state index in [-0.39, 0.29) is 0 Å². The third-order valence-corrected chi connectivity index (χ3v) is 4.41. The van der Waals surface area contributed by atoms with Gasteiger partial charge in [-0.3, -0.25) is 4.79 Å². The molecule has 0 saturated carbocycles. The molecule has 0 aliphatic carbocycles. The van der Waals surface area contributed by atoms with Crippen molar-refractivity contribution in [2.24, 2.45) is 0 Å². The average Bonchev–Trinajstić information content (AvgIpc) is 2.60. The molecule has 0 saturated heterocycles. The molecule has 3 nitrogen and oxygen atoms in total. The number of benzene rings is 3. The first kappa shape index (κ1) is 17.1. The van der Waals surface area contributed by atoms with Crippen molar-refractivity contribution in [3.05, 3.63) is 82.4 Å². The van der Waals surface area contributed by atoms with Crippen LogP contribution in [0.1, 0.15) is 21.5 Å². The Hall–Kier alpha value is -2.78. The van der Waals surface area contributed by atoms with Crippen LogP contribution in [0.3, 0.4) is 0 Å². The van der Waals surface area contributed by atoms with Crippen LogP contribution in [0.5, 0.6) is 0 Å². The number of anilines is 4. The molecule has 0 radical (unpaired) electrons. The Labute approximate surface area is 152 Å². The molecule has 2 N–H and O–H groups in total. The van der Waals surface area contributed by atoms with Gasteiger partial charge in [-0.15, -0.1) is 0 Å². The summed E-state index contributed by atoms with van der Waals surface area (Å²) >= 11 is 6.55. The second-order valence-corrected chi connectivity index (χ2v) is 6.45. The summed E-state index contributed by atoms with van der Waals surface area (Å²) in [4.78, 5) is 13.0. The molecule has 126 valence electrons. The van der Waals surface area contributed by atoms with Gasteiger partial charge in [0.2, 0.25) is 0 Å². The van der Waals surface area contributed by atoms with E-state index in [0.29, 0.717) is 16.3 Å². The van der Waals surface area contributed by atoms with Gasteiger partial charge in [0.25, 0.3) is 0 Å². The van der Waals surface area contributed by atoms with Crippen LogP contribution in [0.2, 0.25) is 5.02 Å². The molecule has 3 rings (SSSR count). The Balaban J connectivity index is 2.23. The fourth-order valence-corrected chi connectivity index (χ4v) is 3.09. The molecule has 0 aliphatic rings. The molecule has 3 aromatic carbocycles. The van der Waals surface area contributed by atoms with Crippen LogP contribution >= 0.6 is 11.6 Å². The van der Waals surface area contributed by atoms with Crippen LogP contribution in [0, 0.1) is 13.8 Å². The molecule has 4 heteroatoms. The summed E-state index contributed by atoms with van der Waals surface area (Å²) in [5, 5.41) is 0.654. The van der Waals surface area contributed by atoms with Crippen molar-refractivity contribution in [1.82, 2.24) is 0 Å². The lowest BCUT2D eigenvalue weighted by atomic mass is 10.1. The zero-order valence-corrected chi connectivity index (χ0v) is 14.9. The Kier molecular flexibility index (Phi) is 4.77. The smallest absolute Gasteiger partial charge is 0.150 e. The van der Waals surface area contributed by atoms with Crippen molar-refractivity contribution in [3.8, 4) is 0 Å². The molecule has 0 amide bonds. The molecule has 25 heavy (non-hydrogen) atoms. The van der Waals surface area contributed by atoms with Gasteiger partial charge in [-0.2, -0.15) is 0 Å². The van der Waals surface area contributed by atoms with Crippen molar-refractivity contribution >= 4 is 40.6 Å². The first-order valence-electron chi connectivity index (χ1n) is 7.97. The van der Waals surface area contributed by atoms with E-state index in [4.69, 9.17) is 17.3 Å². The van der Waals surface area contributed by atoms with Gasteiger partial charge in [0.05, 0.1) is 16.4 Å². The third kappa shape index (κ3) is 3.52. The summed E-state index contributed by atoms with van der Waals surface area (Å²) in [6.45, 7) is 4.04. The molecular weight excluding hydrogens is 332 g/mol. The predicted molar refractivity (Wildman–Crippen MR) is 105 cm³/mol. The maximum Gasteiger partial charge on any atom is 0.150 e. The molecular formula is C21H19ClN2O. The number of aldehydes is 1. The summed E-state index contributed by atoms with van der Waals surface area (Å²) in [6, 6.07) is 19.1. The van der Waals surface area contributed by atoms with Crippen molar-refractivity contribution in [1.29, 1.82) is 0 Å². The Morgan fingerprint density at radius 1 is 0.920 bits per heavy atom. The van der Waals surface area contributed by atoms with Gasteiger partial charge in [-0.05, 0) is 73.5 Å². The number of aryl methyl sites for hydroxylation is 2. The second kappa shape index (κ2) is 6.99. The zero-order valence-electron chi connectivity index (χ0n) is 14.2. The summed E-state index contributed by atoms with van der Waals surface area (Å²) in [7, 11) is 0. The lowest BCUT2D eigenvalue weighted by molar-refractivity contribution is 0.112. The number of nitrogens with zero attached hydrogens (tertiary/aromatic N) is 1. The number of rotatable bonds is 4. The normalized spacial score (nSPS) is 10.5. The molecule has 0 fully saturated rings. The number of hydrogen-bond donors (Lipinski definition) is 1. The van der Waals surface area contributed by atoms with E-state index in [0.717, 1.165) is 34.5 Å². The highest BCUT2D eigenvalue weighted by molar-refractivity contribution is 6.33. The van der Waals surface area contributed by atoms with Gasteiger partial charge in [-0.25, -0.2) is 0 Å². The standard InChI is InChI=1S/C21H19ClN2O/c1-14-3-10-20(19(22)11-14)24(18-8-5-16(13-25)6-9-18)21-12-17(23)7-4-15(21)2/h3-13H,23H2,1-2H3. The lowest BCUT2D eigenvalue weighted by Crippen LogP contribution is -2.12. The number of hydrogen-bond acceptors (Lipinski definition) is 3. The maximum atomic E-state index is 11.0. The Morgan fingerprint density at radius 3 is 2.28 bits per heavy atom. The highest BCUT2D eigenvalue weighted by Gasteiger charge is 2.17. The minimum Gasteiger partial charge on any atom is -0.399 e. The Bertz CT molecular complexity index is 920. The van der Waals surface area contributed by atoms with Gasteiger partial charge in [0.1, 0.15) is 6.29 Å². The van der Waals surface area contributed by atoms with Crippen molar-refractivity contribution in [2.45, 2.75) is 13.8 Å². The largest absolute Gasteiger partial charge is 0.399 e. The third-order valence-electron chi connectivity index (χ3n) is 4.11. The zero-order chi connectivity index (χ0) is 18.0. The summed E-state index contributed by atoms with van der Waals surface area (Å²) in [5.41, 5.74) is 12.2. The van der Waals surface area contributed by atoms with Crippen LogP contribution in [-0.2, 0) is 0 Å². The lowest BCUT2D eigenvalue weighted by Gasteiger charge is -2.28. The number of carbonyl (C=O) groups is 1. The average molecular weight is 351 g/mol. The fraction of sp³-hybridized carbons (Fsp3) is 0.0952. The number of nitrogens with two attached hydrogens (primary N) is 1. The molecule has 0 spiro atoms. The van der Waals surface area contributed by atoms with E-state index >= 15 is 0 Å². The molecule has 0 unspecified atom stereocenters. The summed E-state index contributed by atoms with van der Waals surface area (Å²) in [5.74, 6) is 0. The minimum absolute atomic E-state index is 0.628. The molecule has 0 atom stereocenters. The number of nitrogen functional groups attached to an aromatic ring is 1. The molecule has 0 bridgehead atoms. The van der Waals surface area contributed by atoms with Crippen LogP contribution in [0.25, 0.3) is 0 Å². The van der Waals surface area contributed by atoms with Crippen molar-refractivity contribution < 1.29 is 4.79 Å². The summed E-state index contributed by atoms with van der Waals surface area (Å²) < 4.78 is 0. The van der Waals surface area contributed by atoms with E-state index in [1.54, 1.807) is 12.1 Å². The molecule has 0 heterocycles. The Morgan fingerprint density at radius 2 is 1.64 bits per heavy atom. The van der Waals surface area contributed by atoms with E-state index < -0.39 is 0 Å². The maximum absolute atomic E-state index is 11.0. The van der Waals surface area contributed by atoms with Crippen molar-refractivity contribution in [2.75, 3.05) is 10.6 Å². The van der Waals surface area contributed by atoms with Crippen LogP contribution in [0.15, 0.2) is 60.7 Å². The van der Waals surface area contributed by atoms with Crippen LogP contribution in [0.4, 0.5) is 22.7 Å². The molecule has 0 aliphatic heterocycles. The second-order valence-electron chi connectivity index (χ2n) is 6.05. The highest BCUT2D eigenvalue weighted by Crippen LogP contribution is 2.41. The van der Waals surface area contributed by atoms with Gasteiger partial charge in [0.15, 0.2) is 0 Å². The van der Waals surface area contributed by atoms with Gasteiger partial charge < -0.3 is 10.6 Å². The quantitative estimate of drug-likeness (QED) is 0.476. The van der Waals surface area contributed by atoms with Crippen LogP contribution in [-0.4, -0.2) is 6.29 Å².